The Bertz CT molecular complexity index is 726. The number of hydrogen-bond donors (Lipinski definition) is 1. The third-order valence-corrected chi connectivity index (χ3v) is 6.95. The average Bonchev–Trinajstić information content (AvgIpc) is 2.81. The summed E-state index contributed by atoms with van der Waals surface area (Å²) in [6.45, 7) is 7.15. The second kappa shape index (κ2) is 10.9. The minimum atomic E-state index is 0.292. The fraction of sp³-hybridized carbons (Fsp3) is 0.538. The number of piperidine rings is 1. The van der Waals surface area contributed by atoms with Gasteiger partial charge in [0.1, 0.15) is 0 Å². The van der Waals surface area contributed by atoms with Gasteiger partial charge in [0.2, 0.25) is 0 Å². The molecule has 2 heterocycles. The summed E-state index contributed by atoms with van der Waals surface area (Å²) in [6.07, 6.45) is 5.72. The fourth-order valence-electron chi connectivity index (χ4n) is 5.22. The monoisotopic (exact) mass is 407 g/mol. The van der Waals surface area contributed by atoms with Crippen molar-refractivity contribution in [3.8, 4) is 0 Å². The molecule has 2 aliphatic heterocycles. The SMILES string of the molecule is OCC[C@@H]1CN(C2CCN(c3ccccc3)CC2)CCN1CCCc1ccccc1. The number of anilines is 1. The molecule has 30 heavy (non-hydrogen) atoms. The van der Waals surface area contributed by atoms with Gasteiger partial charge in [0.25, 0.3) is 0 Å². The van der Waals surface area contributed by atoms with E-state index in [1.165, 1.54) is 37.1 Å². The maximum atomic E-state index is 9.65. The molecule has 4 nitrogen and oxygen atoms in total. The summed E-state index contributed by atoms with van der Waals surface area (Å²) in [7, 11) is 0. The zero-order chi connectivity index (χ0) is 20.6. The molecule has 0 bridgehead atoms. The van der Waals surface area contributed by atoms with Gasteiger partial charge in [0.05, 0.1) is 0 Å². The van der Waals surface area contributed by atoms with Gasteiger partial charge >= 0.3 is 0 Å². The van der Waals surface area contributed by atoms with Crippen LogP contribution >= 0.6 is 0 Å². The Morgan fingerprint density at radius 1 is 0.833 bits per heavy atom. The number of piperazine rings is 1. The van der Waals surface area contributed by atoms with E-state index in [4.69, 9.17) is 0 Å². The molecule has 4 rings (SSSR count). The van der Waals surface area contributed by atoms with E-state index < -0.39 is 0 Å². The van der Waals surface area contributed by atoms with Crippen molar-refractivity contribution >= 4 is 5.69 Å². The van der Waals surface area contributed by atoms with Crippen molar-refractivity contribution in [1.82, 2.24) is 9.80 Å². The van der Waals surface area contributed by atoms with Gasteiger partial charge in [0, 0.05) is 57.1 Å². The van der Waals surface area contributed by atoms with Crippen molar-refractivity contribution < 1.29 is 5.11 Å². The lowest BCUT2D eigenvalue weighted by atomic mass is 9.99. The molecule has 2 aromatic rings. The second-order valence-electron chi connectivity index (χ2n) is 8.84. The standard InChI is InChI=1S/C26H37N3O/c30-21-15-26-22-29(20-19-27(26)16-7-10-23-8-3-1-4-9-23)25-13-17-28(18-14-25)24-11-5-2-6-12-24/h1-6,8-9,11-12,25-26,30H,7,10,13-22H2/t26-/m1/s1. The Morgan fingerprint density at radius 2 is 1.53 bits per heavy atom. The van der Waals surface area contributed by atoms with Crippen LogP contribution in [-0.2, 0) is 6.42 Å². The average molecular weight is 408 g/mol. The number of hydrogen-bond acceptors (Lipinski definition) is 4. The normalized spacial score (nSPS) is 21.8. The maximum Gasteiger partial charge on any atom is 0.0446 e. The third kappa shape index (κ3) is 5.63. The first-order valence-electron chi connectivity index (χ1n) is 11.8. The summed E-state index contributed by atoms with van der Waals surface area (Å²) in [6, 6.07) is 22.8. The van der Waals surface area contributed by atoms with Gasteiger partial charge in [-0.2, -0.15) is 0 Å². The summed E-state index contributed by atoms with van der Waals surface area (Å²) < 4.78 is 0. The van der Waals surface area contributed by atoms with E-state index in [0.717, 1.165) is 45.6 Å². The van der Waals surface area contributed by atoms with Gasteiger partial charge in [-0.05, 0) is 56.3 Å². The Balaban J connectivity index is 1.25. The quantitative estimate of drug-likeness (QED) is 0.723. The first-order valence-corrected chi connectivity index (χ1v) is 11.8. The predicted octanol–water partition coefficient (Wildman–Crippen LogP) is 3.66. The molecule has 2 aliphatic rings. The molecule has 0 saturated carbocycles. The van der Waals surface area contributed by atoms with Crippen LogP contribution in [0.2, 0.25) is 0 Å². The van der Waals surface area contributed by atoms with Gasteiger partial charge in [-0.15, -0.1) is 0 Å². The Labute approximate surface area is 182 Å². The van der Waals surface area contributed by atoms with E-state index in [0.29, 0.717) is 18.7 Å². The van der Waals surface area contributed by atoms with Crippen LogP contribution in [0.3, 0.4) is 0 Å². The Kier molecular flexibility index (Phi) is 7.79. The van der Waals surface area contributed by atoms with Gasteiger partial charge in [-0.25, -0.2) is 0 Å². The number of aliphatic hydroxyl groups excluding tert-OH is 1. The lowest BCUT2D eigenvalue weighted by Crippen LogP contribution is -2.57. The van der Waals surface area contributed by atoms with Gasteiger partial charge in [-0.1, -0.05) is 48.5 Å². The van der Waals surface area contributed by atoms with Crippen molar-refractivity contribution in [2.75, 3.05) is 50.8 Å². The molecule has 0 radical (unpaired) electrons. The highest BCUT2D eigenvalue weighted by molar-refractivity contribution is 5.46. The fourth-order valence-corrected chi connectivity index (χ4v) is 5.22. The van der Waals surface area contributed by atoms with Gasteiger partial charge in [0.15, 0.2) is 0 Å². The Morgan fingerprint density at radius 3 is 2.23 bits per heavy atom. The van der Waals surface area contributed by atoms with Crippen molar-refractivity contribution in [2.24, 2.45) is 0 Å². The largest absolute Gasteiger partial charge is 0.396 e. The molecule has 162 valence electrons. The second-order valence-corrected chi connectivity index (χ2v) is 8.84. The first kappa shape index (κ1) is 21.4. The Hall–Kier alpha value is -1.88. The van der Waals surface area contributed by atoms with E-state index in [1.807, 2.05) is 0 Å². The van der Waals surface area contributed by atoms with Crippen LogP contribution in [0.5, 0.6) is 0 Å². The van der Waals surface area contributed by atoms with E-state index >= 15 is 0 Å². The molecule has 2 aromatic carbocycles. The molecular weight excluding hydrogens is 370 g/mol. The van der Waals surface area contributed by atoms with E-state index in [2.05, 4.69) is 75.4 Å². The molecule has 0 aromatic heterocycles. The molecule has 4 heteroatoms. The van der Waals surface area contributed by atoms with Crippen molar-refractivity contribution in [3.05, 3.63) is 66.2 Å². The van der Waals surface area contributed by atoms with E-state index in [9.17, 15) is 5.11 Å². The van der Waals surface area contributed by atoms with Gasteiger partial charge < -0.3 is 10.0 Å². The topological polar surface area (TPSA) is 30.0 Å². The number of nitrogens with zero attached hydrogens (tertiary/aromatic N) is 3. The molecule has 0 spiro atoms. The zero-order valence-electron chi connectivity index (χ0n) is 18.2. The van der Waals surface area contributed by atoms with Crippen molar-refractivity contribution in [3.63, 3.8) is 0 Å². The summed E-state index contributed by atoms with van der Waals surface area (Å²) >= 11 is 0. The molecule has 1 N–H and O–H groups in total. The number of benzene rings is 2. The van der Waals surface area contributed by atoms with E-state index in [-0.39, 0.29) is 0 Å². The van der Waals surface area contributed by atoms with Crippen LogP contribution in [0.25, 0.3) is 0 Å². The summed E-state index contributed by atoms with van der Waals surface area (Å²) in [5.41, 5.74) is 2.79. The third-order valence-electron chi connectivity index (χ3n) is 6.95. The summed E-state index contributed by atoms with van der Waals surface area (Å²) in [5.74, 6) is 0. The van der Waals surface area contributed by atoms with Crippen LogP contribution in [0.4, 0.5) is 5.69 Å². The van der Waals surface area contributed by atoms with Crippen LogP contribution in [0.15, 0.2) is 60.7 Å². The summed E-state index contributed by atoms with van der Waals surface area (Å²) in [5, 5.41) is 9.65. The predicted molar refractivity (Wildman–Crippen MR) is 125 cm³/mol. The smallest absolute Gasteiger partial charge is 0.0446 e. The lowest BCUT2D eigenvalue weighted by Gasteiger charge is -2.47. The van der Waals surface area contributed by atoms with Crippen molar-refractivity contribution in [2.45, 2.75) is 44.2 Å². The van der Waals surface area contributed by atoms with Crippen LogP contribution in [0, 0.1) is 0 Å². The van der Waals surface area contributed by atoms with Crippen LogP contribution in [0.1, 0.15) is 31.2 Å². The number of rotatable bonds is 8. The van der Waals surface area contributed by atoms with Crippen molar-refractivity contribution in [1.29, 1.82) is 0 Å². The molecule has 1 atom stereocenters. The highest BCUT2D eigenvalue weighted by Crippen LogP contribution is 2.25. The molecule has 0 unspecified atom stereocenters. The molecular formula is C26H37N3O. The zero-order valence-corrected chi connectivity index (χ0v) is 18.2. The minimum Gasteiger partial charge on any atom is -0.396 e. The summed E-state index contributed by atoms with van der Waals surface area (Å²) in [4.78, 5) is 7.88. The lowest BCUT2D eigenvalue weighted by molar-refractivity contribution is 0.0294. The number of aryl methyl sites for hydroxylation is 1. The van der Waals surface area contributed by atoms with Crippen LogP contribution in [-0.4, -0.2) is 72.9 Å². The highest BCUT2D eigenvalue weighted by Gasteiger charge is 2.32. The highest BCUT2D eigenvalue weighted by atomic mass is 16.3. The number of aliphatic hydroxyl groups is 1. The molecule has 0 aliphatic carbocycles. The molecule has 2 saturated heterocycles. The first-order chi connectivity index (χ1) is 14.8. The van der Waals surface area contributed by atoms with Gasteiger partial charge in [-0.3, -0.25) is 9.80 Å². The molecule has 0 amide bonds. The number of para-hydroxylation sites is 1. The maximum absolute atomic E-state index is 9.65. The van der Waals surface area contributed by atoms with E-state index in [1.54, 1.807) is 0 Å². The molecule has 2 fully saturated rings. The minimum absolute atomic E-state index is 0.292. The van der Waals surface area contributed by atoms with Crippen LogP contribution < -0.4 is 4.90 Å².